The van der Waals surface area contributed by atoms with Crippen LogP contribution in [0.3, 0.4) is 0 Å². The highest BCUT2D eigenvalue weighted by atomic mass is 35.7. The third-order valence-electron chi connectivity index (χ3n) is 1.39. The standard InChI is InChI=1S/C6H12ClN3O4S2/c1-9(2)5-8-6(10(3)4)16(15-5)14-7(11,12)13/h1-4H3. The summed E-state index contributed by atoms with van der Waals surface area (Å²) in [5, 5.41) is 1.02. The highest BCUT2D eigenvalue weighted by Crippen LogP contribution is 2.42. The quantitative estimate of drug-likeness (QED) is 0.403. The van der Waals surface area contributed by atoms with Gasteiger partial charge in [0.1, 0.15) is 0 Å². The summed E-state index contributed by atoms with van der Waals surface area (Å²) in [7, 11) is 2.39. The van der Waals surface area contributed by atoms with Gasteiger partial charge in [0.15, 0.2) is 14.0 Å². The number of nitrogens with zero attached hydrogens (tertiary/aromatic N) is 3. The molecule has 0 radical (unpaired) electrons. The first-order valence-corrected chi connectivity index (χ1v) is 7.76. The van der Waals surface area contributed by atoms with E-state index in [0.29, 0.717) is 10.3 Å². The van der Waals surface area contributed by atoms with Crippen LogP contribution in [0.2, 0.25) is 0 Å². The molecule has 10 heteroatoms. The minimum atomic E-state index is -4.45. The van der Waals surface area contributed by atoms with E-state index in [1.807, 2.05) is 0 Å². The summed E-state index contributed by atoms with van der Waals surface area (Å²) in [5.74, 6) is 0. The molecule has 16 heavy (non-hydrogen) atoms. The van der Waals surface area contributed by atoms with E-state index in [9.17, 15) is 14.0 Å². The molecule has 7 nitrogen and oxygen atoms in total. The molecular formula is C6H12ClN3O4S2. The maximum atomic E-state index is 10.5. The van der Waals surface area contributed by atoms with Gasteiger partial charge in [-0.05, 0) is 14.1 Å². The van der Waals surface area contributed by atoms with Gasteiger partial charge in [-0.25, -0.2) is 4.99 Å². The summed E-state index contributed by atoms with van der Waals surface area (Å²) in [4.78, 5) is 7.52. The Labute approximate surface area is 102 Å². The highest BCUT2D eigenvalue weighted by Gasteiger charge is 2.33. The predicted molar refractivity (Wildman–Crippen MR) is 56.1 cm³/mol. The average Bonchev–Trinajstić information content (AvgIpc) is 2.44. The van der Waals surface area contributed by atoms with Gasteiger partial charge in [0.2, 0.25) is 9.80 Å². The Kier molecular flexibility index (Phi) is 4.60. The Hall–Kier alpha value is 0.130. The van der Waals surface area contributed by atoms with Crippen LogP contribution in [0.25, 0.3) is 0 Å². The van der Waals surface area contributed by atoms with Gasteiger partial charge in [0.25, 0.3) is 0 Å². The van der Waals surface area contributed by atoms with Gasteiger partial charge >= 0.3 is 0 Å². The fourth-order valence-corrected chi connectivity index (χ4v) is 5.21. The number of hydrogen-bond acceptors (Lipinski definition) is 8. The molecule has 0 saturated carbocycles. The van der Waals surface area contributed by atoms with Crippen molar-refractivity contribution in [3.63, 3.8) is 0 Å². The summed E-state index contributed by atoms with van der Waals surface area (Å²) in [6.07, 6.45) is 0. The highest BCUT2D eigenvalue weighted by molar-refractivity contribution is 8.87. The molecule has 1 atom stereocenters. The van der Waals surface area contributed by atoms with Crippen molar-refractivity contribution in [3.8, 4) is 0 Å². The van der Waals surface area contributed by atoms with Crippen LogP contribution in [0, 0.1) is 10.2 Å². The maximum absolute atomic E-state index is 10.5. The van der Waals surface area contributed by atoms with Crippen LogP contribution >= 0.6 is 20.6 Å². The van der Waals surface area contributed by atoms with Crippen molar-refractivity contribution < 1.29 is 28.0 Å². The number of amidine groups is 1. The molecule has 1 aliphatic heterocycles. The van der Waals surface area contributed by atoms with Crippen molar-refractivity contribution in [2.24, 2.45) is 4.99 Å². The molecule has 1 unspecified atom stereocenters. The van der Waals surface area contributed by atoms with E-state index < -0.39 is 20.0 Å². The van der Waals surface area contributed by atoms with Crippen LogP contribution in [-0.2, 0) is 3.74 Å². The molecular weight excluding hydrogens is 278 g/mol. The summed E-state index contributed by atoms with van der Waals surface area (Å²) in [5.41, 5.74) is 0. The Morgan fingerprint density at radius 3 is 2.12 bits per heavy atom. The molecule has 0 bridgehead atoms. The Morgan fingerprint density at radius 1 is 1.19 bits per heavy atom. The monoisotopic (exact) mass is 289 g/mol. The SMILES string of the molecule is CN(C)C1=NC(N(C)C)=S(O[Cl+3]([O-])([O-])[O-])S1. The minimum Gasteiger partial charge on any atom is -0.357 e. The van der Waals surface area contributed by atoms with Crippen LogP contribution in [-0.4, -0.2) is 48.3 Å². The third-order valence-corrected chi connectivity index (χ3v) is 5.79. The molecule has 1 heterocycles. The second-order valence-corrected chi connectivity index (χ2v) is 7.26. The third kappa shape index (κ3) is 3.86. The van der Waals surface area contributed by atoms with E-state index in [0.717, 1.165) is 10.8 Å². The van der Waals surface area contributed by atoms with Gasteiger partial charge in [0, 0.05) is 24.9 Å². The Bertz CT molecular complexity index is 339. The topological polar surface area (TPSA) is 97.2 Å². The number of aliphatic imine (C=N–C) groups is 1. The zero-order valence-corrected chi connectivity index (χ0v) is 11.6. The zero-order chi connectivity index (χ0) is 12.5. The lowest BCUT2D eigenvalue weighted by Gasteiger charge is -2.14. The lowest BCUT2D eigenvalue weighted by molar-refractivity contribution is -1.91. The summed E-state index contributed by atoms with van der Waals surface area (Å²) < 4.78 is 36.0. The number of hydrogen-bond donors (Lipinski definition) is 0. The van der Waals surface area contributed by atoms with Crippen LogP contribution in [0.5, 0.6) is 0 Å². The van der Waals surface area contributed by atoms with E-state index in [-0.39, 0.29) is 0 Å². The number of halogens is 1. The van der Waals surface area contributed by atoms with Crippen LogP contribution in [0.4, 0.5) is 0 Å². The molecule has 0 aromatic heterocycles. The van der Waals surface area contributed by atoms with Crippen LogP contribution in [0.15, 0.2) is 4.99 Å². The minimum absolute atomic E-state index is 0.417. The fourth-order valence-electron chi connectivity index (χ4n) is 0.777. The van der Waals surface area contributed by atoms with Gasteiger partial charge in [0.05, 0.1) is 10.2 Å². The van der Waals surface area contributed by atoms with Crippen LogP contribution in [0.1, 0.15) is 0 Å². The van der Waals surface area contributed by atoms with Crippen molar-refractivity contribution >= 4 is 30.9 Å². The first-order valence-electron chi connectivity index (χ1n) is 4.04. The largest absolute Gasteiger partial charge is 0.357 e. The van der Waals surface area contributed by atoms with E-state index in [2.05, 4.69) is 8.73 Å². The van der Waals surface area contributed by atoms with E-state index >= 15 is 0 Å². The van der Waals surface area contributed by atoms with Gasteiger partial charge in [-0.2, -0.15) is 14.0 Å². The summed E-state index contributed by atoms with van der Waals surface area (Å²) in [6, 6.07) is 0. The van der Waals surface area contributed by atoms with E-state index in [4.69, 9.17) is 0 Å². The molecule has 0 spiro atoms. The molecule has 94 valence electrons. The van der Waals surface area contributed by atoms with Gasteiger partial charge < -0.3 is 4.90 Å². The summed E-state index contributed by atoms with van der Waals surface area (Å²) >= 11 is 0. The Balaban J connectivity index is 2.88. The predicted octanol–water partition coefficient (Wildman–Crippen LogP) is -2.69. The van der Waals surface area contributed by atoms with Crippen molar-refractivity contribution in [2.75, 3.05) is 28.2 Å². The van der Waals surface area contributed by atoms with Crippen molar-refractivity contribution in [2.45, 2.75) is 0 Å². The zero-order valence-electron chi connectivity index (χ0n) is 9.17. The molecule has 0 fully saturated rings. The summed E-state index contributed by atoms with van der Waals surface area (Å²) in [6.45, 7) is 0. The molecule has 1 aliphatic rings. The van der Waals surface area contributed by atoms with Crippen molar-refractivity contribution in [1.82, 2.24) is 9.80 Å². The average molecular weight is 290 g/mol. The van der Waals surface area contributed by atoms with Crippen molar-refractivity contribution in [3.05, 3.63) is 0 Å². The molecule has 0 amide bonds. The molecule has 0 aromatic rings. The molecule has 1 rings (SSSR count). The number of rotatable bonds is 2. The van der Waals surface area contributed by atoms with Gasteiger partial charge in [-0.15, -0.1) is 0 Å². The molecule has 0 N–H and O–H groups in total. The lowest BCUT2D eigenvalue weighted by atomic mass is 10.8. The fraction of sp³-hybridized carbons (Fsp3) is 0.667. The smallest absolute Gasteiger partial charge is 0.213 e. The first-order chi connectivity index (χ1) is 7.20. The second kappa shape index (κ2) is 5.19. The van der Waals surface area contributed by atoms with E-state index in [1.54, 1.807) is 38.0 Å². The maximum Gasteiger partial charge on any atom is 0.213 e. The molecule has 0 aliphatic carbocycles. The normalized spacial score (nSPS) is 21.6. The molecule has 0 aromatic carbocycles. The van der Waals surface area contributed by atoms with Gasteiger partial charge in [-0.3, -0.25) is 4.90 Å². The van der Waals surface area contributed by atoms with Crippen molar-refractivity contribution in [1.29, 1.82) is 0 Å². The van der Waals surface area contributed by atoms with E-state index in [1.165, 1.54) is 0 Å². The van der Waals surface area contributed by atoms with Gasteiger partial charge in [-0.1, -0.05) is 0 Å². The Morgan fingerprint density at radius 2 is 1.75 bits per heavy atom. The molecule has 0 saturated heterocycles. The lowest BCUT2D eigenvalue weighted by Crippen LogP contribution is -2.60. The van der Waals surface area contributed by atoms with Crippen LogP contribution < -0.4 is 14.0 Å². The first kappa shape index (κ1) is 14.2. The second-order valence-electron chi connectivity index (χ2n) is 3.22.